The SMILES string of the molecule is CCCS(=O)(=O)Nc1ccc(Nc2ccc(Cl)cc2Cl)cc1. The third kappa shape index (κ3) is 4.80. The number of sulfonamides is 1. The molecule has 0 heterocycles. The van der Waals surface area contributed by atoms with Gasteiger partial charge in [0.15, 0.2) is 0 Å². The van der Waals surface area contributed by atoms with Crippen molar-refractivity contribution in [3.8, 4) is 0 Å². The molecule has 0 amide bonds. The minimum absolute atomic E-state index is 0.105. The Morgan fingerprint density at radius 3 is 2.23 bits per heavy atom. The Labute approximate surface area is 140 Å². The molecule has 0 aliphatic heterocycles. The van der Waals surface area contributed by atoms with Crippen LogP contribution >= 0.6 is 23.2 Å². The smallest absolute Gasteiger partial charge is 0.232 e. The van der Waals surface area contributed by atoms with Crippen molar-refractivity contribution in [3.05, 3.63) is 52.5 Å². The zero-order valence-corrected chi connectivity index (χ0v) is 14.3. The van der Waals surface area contributed by atoms with E-state index >= 15 is 0 Å². The molecule has 0 aromatic heterocycles. The molecule has 22 heavy (non-hydrogen) atoms. The van der Waals surface area contributed by atoms with Crippen LogP contribution in [0.3, 0.4) is 0 Å². The van der Waals surface area contributed by atoms with Crippen LogP contribution in [-0.4, -0.2) is 14.2 Å². The second-order valence-electron chi connectivity index (χ2n) is 4.75. The van der Waals surface area contributed by atoms with Gasteiger partial charge in [0, 0.05) is 16.4 Å². The third-order valence-electron chi connectivity index (χ3n) is 2.84. The molecule has 7 heteroatoms. The summed E-state index contributed by atoms with van der Waals surface area (Å²) in [5.74, 6) is 0.105. The molecule has 0 saturated heterocycles. The zero-order valence-electron chi connectivity index (χ0n) is 11.9. The Bertz CT molecular complexity index is 747. The maximum atomic E-state index is 11.7. The van der Waals surface area contributed by atoms with Crippen molar-refractivity contribution in [2.24, 2.45) is 0 Å². The molecule has 0 radical (unpaired) electrons. The van der Waals surface area contributed by atoms with Crippen LogP contribution in [0.4, 0.5) is 17.1 Å². The van der Waals surface area contributed by atoms with E-state index in [2.05, 4.69) is 10.0 Å². The lowest BCUT2D eigenvalue weighted by molar-refractivity contribution is 0.600. The predicted octanol–water partition coefficient (Wildman–Crippen LogP) is 4.89. The van der Waals surface area contributed by atoms with Gasteiger partial charge in [-0.25, -0.2) is 8.42 Å². The van der Waals surface area contributed by atoms with Gasteiger partial charge in [-0.05, 0) is 48.9 Å². The van der Waals surface area contributed by atoms with Crippen LogP contribution in [0.25, 0.3) is 0 Å². The van der Waals surface area contributed by atoms with E-state index in [1.165, 1.54) is 0 Å². The molecular formula is C15H16Cl2N2O2S. The summed E-state index contributed by atoms with van der Waals surface area (Å²) >= 11 is 11.9. The van der Waals surface area contributed by atoms with E-state index in [0.717, 1.165) is 11.4 Å². The lowest BCUT2D eigenvalue weighted by Crippen LogP contribution is -2.15. The minimum Gasteiger partial charge on any atom is -0.354 e. The molecule has 2 aromatic carbocycles. The number of anilines is 3. The van der Waals surface area contributed by atoms with Crippen LogP contribution in [0.2, 0.25) is 10.0 Å². The van der Waals surface area contributed by atoms with Crippen molar-refractivity contribution < 1.29 is 8.42 Å². The fourth-order valence-corrected chi connectivity index (χ4v) is 3.46. The molecule has 2 rings (SSSR count). The maximum Gasteiger partial charge on any atom is 0.232 e. The van der Waals surface area contributed by atoms with Gasteiger partial charge in [0.2, 0.25) is 10.0 Å². The standard InChI is InChI=1S/C15H16Cl2N2O2S/c1-2-9-22(20,21)19-13-6-4-12(5-7-13)18-15-8-3-11(16)10-14(15)17/h3-8,10,18-19H,2,9H2,1H3. The molecule has 0 bridgehead atoms. The van der Waals surface area contributed by atoms with E-state index < -0.39 is 10.0 Å². The minimum atomic E-state index is -3.27. The first-order chi connectivity index (χ1) is 10.4. The highest BCUT2D eigenvalue weighted by Gasteiger charge is 2.08. The number of hydrogen-bond acceptors (Lipinski definition) is 3. The Hall–Kier alpha value is -1.43. The first kappa shape index (κ1) is 16.9. The van der Waals surface area contributed by atoms with Crippen LogP contribution in [0.5, 0.6) is 0 Å². The Balaban J connectivity index is 2.09. The zero-order chi connectivity index (χ0) is 16.2. The molecule has 0 aliphatic rings. The third-order valence-corrected chi connectivity index (χ3v) is 4.88. The number of benzene rings is 2. The average molecular weight is 359 g/mol. The van der Waals surface area contributed by atoms with Crippen molar-refractivity contribution in [2.75, 3.05) is 15.8 Å². The Morgan fingerprint density at radius 1 is 1.00 bits per heavy atom. The molecule has 118 valence electrons. The normalized spacial score (nSPS) is 11.2. The van der Waals surface area contributed by atoms with Gasteiger partial charge in [0.1, 0.15) is 0 Å². The Morgan fingerprint density at radius 2 is 1.64 bits per heavy atom. The van der Waals surface area contributed by atoms with Crippen molar-refractivity contribution in [1.29, 1.82) is 0 Å². The second kappa shape index (κ2) is 7.22. The molecule has 0 unspecified atom stereocenters. The van der Waals surface area contributed by atoms with Crippen LogP contribution in [-0.2, 0) is 10.0 Å². The van der Waals surface area contributed by atoms with E-state index in [9.17, 15) is 8.42 Å². The summed E-state index contributed by atoms with van der Waals surface area (Å²) < 4.78 is 25.9. The van der Waals surface area contributed by atoms with Crippen LogP contribution in [0.1, 0.15) is 13.3 Å². The van der Waals surface area contributed by atoms with Gasteiger partial charge in [-0.3, -0.25) is 4.72 Å². The number of nitrogens with one attached hydrogen (secondary N) is 2. The summed E-state index contributed by atoms with van der Waals surface area (Å²) in [6.45, 7) is 1.82. The summed E-state index contributed by atoms with van der Waals surface area (Å²) in [6, 6.07) is 12.1. The highest BCUT2D eigenvalue weighted by atomic mass is 35.5. The molecule has 0 saturated carbocycles. The van der Waals surface area contributed by atoms with Crippen molar-refractivity contribution in [1.82, 2.24) is 0 Å². The molecule has 0 fully saturated rings. The van der Waals surface area contributed by atoms with E-state index in [-0.39, 0.29) is 5.75 Å². The number of hydrogen-bond donors (Lipinski definition) is 2. The molecular weight excluding hydrogens is 343 g/mol. The van der Waals surface area contributed by atoms with Gasteiger partial charge >= 0.3 is 0 Å². The van der Waals surface area contributed by atoms with E-state index in [1.54, 1.807) is 42.5 Å². The molecule has 4 nitrogen and oxygen atoms in total. The molecule has 2 N–H and O–H groups in total. The van der Waals surface area contributed by atoms with Crippen molar-refractivity contribution in [3.63, 3.8) is 0 Å². The first-order valence-electron chi connectivity index (χ1n) is 6.72. The summed E-state index contributed by atoms with van der Waals surface area (Å²) in [5.41, 5.74) is 2.05. The van der Waals surface area contributed by atoms with Gasteiger partial charge in [0.25, 0.3) is 0 Å². The summed E-state index contributed by atoms with van der Waals surface area (Å²) in [6.07, 6.45) is 0.573. The average Bonchev–Trinajstić information content (AvgIpc) is 2.43. The fourth-order valence-electron chi connectivity index (χ4n) is 1.87. The highest BCUT2D eigenvalue weighted by Crippen LogP contribution is 2.28. The lowest BCUT2D eigenvalue weighted by atomic mass is 10.2. The van der Waals surface area contributed by atoms with Gasteiger partial charge in [-0.2, -0.15) is 0 Å². The van der Waals surface area contributed by atoms with Crippen LogP contribution in [0, 0.1) is 0 Å². The summed E-state index contributed by atoms with van der Waals surface area (Å²) in [4.78, 5) is 0. The van der Waals surface area contributed by atoms with E-state index in [4.69, 9.17) is 23.2 Å². The van der Waals surface area contributed by atoms with Crippen LogP contribution < -0.4 is 10.0 Å². The number of rotatable bonds is 6. The number of halogens is 2. The second-order valence-corrected chi connectivity index (χ2v) is 7.43. The van der Waals surface area contributed by atoms with Gasteiger partial charge in [-0.15, -0.1) is 0 Å². The van der Waals surface area contributed by atoms with E-state index in [0.29, 0.717) is 22.2 Å². The van der Waals surface area contributed by atoms with Gasteiger partial charge in [0.05, 0.1) is 16.5 Å². The molecule has 2 aromatic rings. The topological polar surface area (TPSA) is 58.2 Å². The largest absolute Gasteiger partial charge is 0.354 e. The quantitative estimate of drug-likeness (QED) is 0.772. The van der Waals surface area contributed by atoms with Crippen molar-refractivity contribution in [2.45, 2.75) is 13.3 Å². The molecule has 0 atom stereocenters. The fraction of sp³-hybridized carbons (Fsp3) is 0.200. The van der Waals surface area contributed by atoms with Crippen molar-refractivity contribution >= 4 is 50.3 Å². The Kier molecular flexibility index (Phi) is 5.56. The predicted molar refractivity (Wildman–Crippen MR) is 93.9 cm³/mol. The molecule has 0 spiro atoms. The van der Waals surface area contributed by atoms with Gasteiger partial charge in [-0.1, -0.05) is 30.1 Å². The first-order valence-corrected chi connectivity index (χ1v) is 9.13. The summed E-state index contributed by atoms with van der Waals surface area (Å²) in [5, 5.41) is 4.23. The molecule has 0 aliphatic carbocycles. The lowest BCUT2D eigenvalue weighted by Gasteiger charge is -2.11. The van der Waals surface area contributed by atoms with Crippen LogP contribution in [0.15, 0.2) is 42.5 Å². The monoisotopic (exact) mass is 358 g/mol. The van der Waals surface area contributed by atoms with Gasteiger partial charge < -0.3 is 5.32 Å². The maximum absolute atomic E-state index is 11.7. The summed E-state index contributed by atoms with van der Waals surface area (Å²) in [7, 11) is -3.27. The highest BCUT2D eigenvalue weighted by molar-refractivity contribution is 7.92. The van der Waals surface area contributed by atoms with E-state index in [1.807, 2.05) is 6.92 Å².